The highest BCUT2D eigenvalue weighted by molar-refractivity contribution is 5.72. The first-order valence-corrected chi connectivity index (χ1v) is 6.17. The zero-order valence-corrected chi connectivity index (χ0v) is 9.55. The highest BCUT2D eigenvalue weighted by atomic mass is 16.5. The van der Waals surface area contributed by atoms with Crippen LogP contribution in [0.2, 0.25) is 0 Å². The lowest BCUT2D eigenvalue weighted by molar-refractivity contribution is -0.149. The molecule has 1 aliphatic carbocycles. The Bertz CT molecular complexity index is 224. The Balaban J connectivity index is 1.83. The molecule has 86 valence electrons. The summed E-state index contributed by atoms with van der Waals surface area (Å²) in [5.74, 6) is 0.184. The van der Waals surface area contributed by atoms with E-state index >= 15 is 0 Å². The molecule has 1 spiro atoms. The van der Waals surface area contributed by atoms with Crippen molar-refractivity contribution in [3.05, 3.63) is 0 Å². The number of esters is 1. The van der Waals surface area contributed by atoms with Crippen molar-refractivity contribution in [3.63, 3.8) is 0 Å². The van der Waals surface area contributed by atoms with Crippen LogP contribution in [-0.2, 0) is 9.53 Å². The smallest absolute Gasteiger partial charge is 0.308 e. The molecular formula is C12H21NO2. The third kappa shape index (κ3) is 2.33. The summed E-state index contributed by atoms with van der Waals surface area (Å²) in [7, 11) is 0. The lowest BCUT2D eigenvalue weighted by Gasteiger charge is -2.36. The van der Waals surface area contributed by atoms with Gasteiger partial charge in [-0.2, -0.15) is 0 Å². The first kappa shape index (κ1) is 10.9. The van der Waals surface area contributed by atoms with Crippen molar-refractivity contribution in [2.75, 3.05) is 13.2 Å². The molecule has 1 N–H and O–H groups in total. The highest BCUT2D eigenvalue weighted by Crippen LogP contribution is 2.37. The first-order chi connectivity index (χ1) is 7.26. The molecule has 0 aromatic heterocycles. The van der Waals surface area contributed by atoms with Gasteiger partial charge in [-0.1, -0.05) is 0 Å². The lowest BCUT2D eigenvalue weighted by atomic mass is 9.76. The fourth-order valence-corrected chi connectivity index (χ4v) is 2.96. The Morgan fingerprint density at radius 1 is 1.40 bits per heavy atom. The summed E-state index contributed by atoms with van der Waals surface area (Å²) in [5.41, 5.74) is 0.378. The molecule has 15 heavy (non-hydrogen) atoms. The SMILES string of the molecule is CCOC(=O)C1CCC2(CCCN2)CC1. The van der Waals surface area contributed by atoms with E-state index < -0.39 is 0 Å². The third-order valence-electron chi connectivity index (χ3n) is 3.89. The van der Waals surface area contributed by atoms with E-state index in [0.717, 1.165) is 32.2 Å². The van der Waals surface area contributed by atoms with Gasteiger partial charge in [-0.25, -0.2) is 0 Å². The van der Waals surface area contributed by atoms with Gasteiger partial charge >= 0.3 is 5.97 Å². The van der Waals surface area contributed by atoms with Gasteiger partial charge in [0, 0.05) is 5.54 Å². The zero-order valence-electron chi connectivity index (χ0n) is 9.55. The van der Waals surface area contributed by atoms with Crippen molar-refractivity contribution < 1.29 is 9.53 Å². The molecule has 0 aromatic rings. The first-order valence-electron chi connectivity index (χ1n) is 6.17. The Morgan fingerprint density at radius 2 is 2.13 bits per heavy atom. The van der Waals surface area contributed by atoms with Gasteiger partial charge in [-0.15, -0.1) is 0 Å². The molecule has 1 saturated heterocycles. The third-order valence-corrected chi connectivity index (χ3v) is 3.89. The second kappa shape index (κ2) is 4.52. The second-order valence-corrected chi connectivity index (χ2v) is 4.84. The van der Waals surface area contributed by atoms with Crippen molar-refractivity contribution in [2.45, 2.75) is 51.0 Å². The molecule has 3 heteroatoms. The van der Waals surface area contributed by atoms with E-state index in [2.05, 4.69) is 5.32 Å². The second-order valence-electron chi connectivity index (χ2n) is 4.84. The fraction of sp³-hybridized carbons (Fsp3) is 0.917. The van der Waals surface area contributed by atoms with Gasteiger partial charge in [-0.3, -0.25) is 4.79 Å². The molecular weight excluding hydrogens is 190 g/mol. The van der Waals surface area contributed by atoms with Crippen molar-refractivity contribution in [2.24, 2.45) is 5.92 Å². The largest absolute Gasteiger partial charge is 0.466 e. The number of carbonyl (C=O) groups excluding carboxylic acids is 1. The number of hydrogen-bond donors (Lipinski definition) is 1. The van der Waals surface area contributed by atoms with E-state index in [0.29, 0.717) is 12.1 Å². The number of carbonyl (C=O) groups is 1. The predicted octanol–water partition coefficient (Wildman–Crippen LogP) is 1.86. The average Bonchev–Trinajstić information content (AvgIpc) is 2.68. The molecule has 0 unspecified atom stereocenters. The van der Waals surface area contributed by atoms with Crippen LogP contribution in [0, 0.1) is 5.92 Å². The minimum Gasteiger partial charge on any atom is -0.466 e. The van der Waals surface area contributed by atoms with E-state index in [1.165, 1.54) is 12.8 Å². The predicted molar refractivity (Wildman–Crippen MR) is 58.6 cm³/mol. The fourth-order valence-electron chi connectivity index (χ4n) is 2.96. The topological polar surface area (TPSA) is 38.3 Å². The van der Waals surface area contributed by atoms with E-state index in [1.807, 2.05) is 6.92 Å². The molecule has 3 nitrogen and oxygen atoms in total. The Morgan fingerprint density at radius 3 is 2.67 bits per heavy atom. The van der Waals surface area contributed by atoms with Gasteiger partial charge in [0.05, 0.1) is 12.5 Å². The molecule has 0 aromatic carbocycles. The Labute approximate surface area is 91.6 Å². The number of ether oxygens (including phenoxy) is 1. The molecule has 1 heterocycles. The van der Waals surface area contributed by atoms with Crippen LogP contribution in [-0.4, -0.2) is 24.7 Å². The molecule has 0 amide bonds. The highest BCUT2D eigenvalue weighted by Gasteiger charge is 2.39. The maximum atomic E-state index is 11.6. The maximum Gasteiger partial charge on any atom is 0.308 e. The van der Waals surface area contributed by atoms with Crippen molar-refractivity contribution in [1.82, 2.24) is 5.32 Å². The summed E-state index contributed by atoms with van der Waals surface area (Å²) in [6, 6.07) is 0. The molecule has 2 fully saturated rings. The molecule has 2 aliphatic rings. The lowest BCUT2D eigenvalue weighted by Crippen LogP contribution is -2.44. The van der Waals surface area contributed by atoms with Crippen molar-refractivity contribution >= 4 is 5.97 Å². The van der Waals surface area contributed by atoms with E-state index in [4.69, 9.17) is 4.74 Å². The van der Waals surface area contributed by atoms with Crippen molar-refractivity contribution in [1.29, 1.82) is 0 Å². The summed E-state index contributed by atoms with van der Waals surface area (Å²) in [6.45, 7) is 3.55. The van der Waals surface area contributed by atoms with E-state index in [1.54, 1.807) is 0 Å². The van der Waals surface area contributed by atoms with Gasteiger partial charge in [-0.05, 0) is 52.0 Å². The molecule has 1 aliphatic heterocycles. The van der Waals surface area contributed by atoms with Gasteiger partial charge in [0.2, 0.25) is 0 Å². The standard InChI is InChI=1S/C12H21NO2/c1-2-15-11(14)10-4-7-12(8-5-10)6-3-9-13-12/h10,13H,2-9H2,1H3. The number of hydrogen-bond acceptors (Lipinski definition) is 3. The molecule has 0 atom stereocenters. The van der Waals surface area contributed by atoms with Crippen LogP contribution in [0.5, 0.6) is 0 Å². The van der Waals surface area contributed by atoms with Crippen LogP contribution in [0.1, 0.15) is 45.4 Å². The van der Waals surface area contributed by atoms with Crippen LogP contribution in [0.3, 0.4) is 0 Å². The van der Waals surface area contributed by atoms with Crippen molar-refractivity contribution in [3.8, 4) is 0 Å². The minimum absolute atomic E-state index is 0.0188. The van der Waals surface area contributed by atoms with Crippen LogP contribution in [0.15, 0.2) is 0 Å². The summed E-state index contributed by atoms with van der Waals surface area (Å²) in [4.78, 5) is 11.6. The molecule has 1 saturated carbocycles. The summed E-state index contributed by atoms with van der Waals surface area (Å²) in [6.07, 6.45) is 6.90. The summed E-state index contributed by atoms with van der Waals surface area (Å²) < 4.78 is 5.07. The van der Waals surface area contributed by atoms with E-state index in [9.17, 15) is 4.79 Å². The quantitative estimate of drug-likeness (QED) is 0.709. The van der Waals surface area contributed by atoms with Gasteiger partial charge in [0.1, 0.15) is 0 Å². The average molecular weight is 211 g/mol. The van der Waals surface area contributed by atoms with Crippen LogP contribution in [0.25, 0.3) is 0 Å². The molecule has 2 rings (SSSR count). The van der Waals surface area contributed by atoms with Crippen LogP contribution in [0.4, 0.5) is 0 Å². The normalized spacial score (nSPS) is 35.7. The summed E-state index contributed by atoms with van der Waals surface area (Å²) in [5, 5.41) is 3.61. The van der Waals surface area contributed by atoms with Crippen LogP contribution < -0.4 is 5.32 Å². The Kier molecular flexibility index (Phi) is 3.29. The number of nitrogens with one attached hydrogen (secondary N) is 1. The molecule has 0 radical (unpaired) electrons. The summed E-state index contributed by atoms with van der Waals surface area (Å²) >= 11 is 0. The van der Waals surface area contributed by atoms with Gasteiger partial charge < -0.3 is 10.1 Å². The monoisotopic (exact) mass is 211 g/mol. The van der Waals surface area contributed by atoms with E-state index in [-0.39, 0.29) is 11.9 Å². The van der Waals surface area contributed by atoms with Gasteiger partial charge in [0.25, 0.3) is 0 Å². The molecule has 0 bridgehead atoms. The van der Waals surface area contributed by atoms with Gasteiger partial charge in [0.15, 0.2) is 0 Å². The van der Waals surface area contributed by atoms with Crippen LogP contribution >= 0.6 is 0 Å². The number of rotatable bonds is 2. The Hall–Kier alpha value is -0.570. The minimum atomic E-state index is 0.0188. The zero-order chi connectivity index (χ0) is 10.7. The maximum absolute atomic E-state index is 11.6.